The number of carbonyl (C=O) groups excluding carboxylic acids is 1. The Balaban J connectivity index is 1.63. The third-order valence-electron chi connectivity index (χ3n) is 4.89. The van der Waals surface area contributed by atoms with Crippen LogP contribution < -0.4 is 16.4 Å². The lowest BCUT2D eigenvalue weighted by molar-refractivity contribution is 0.0532. The van der Waals surface area contributed by atoms with E-state index in [2.05, 4.69) is 30.6 Å². The summed E-state index contributed by atoms with van der Waals surface area (Å²) in [7, 11) is 0. The first-order chi connectivity index (χ1) is 16.6. The maximum Gasteiger partial charge on any atom is 0.409 e. The van der Waals surface area contributed by atoms with Crippen LogP contribution in [-0.2, 0) is 11.3 Å². The average Bonchev–Trinajstić information content (AvgIpc) is 3.19. The fourth-order valence-corrected chi connectivity index (χ4v) is 3.32. The Morgan fingerprint density at radius 1 is 1.11 bits per heavy atom. The Hall–Kier alpha value is -4.35. The largest absolute Gasteiger partial charge is 0.444 e. The van der Waals surface area contributed by atoms with E-state index in [1.807, 2.05) is 0 Å². The minimum atomic E-state index is -0.970. The summed E-state index contributed by atoms with van der Waals surface area (Å²) in [6, 6.07) is 5.31. The van der Waals surface area contributed by atoms with Crippen molar-refractivity contribution in [3.8, 4) is 11.3 Å². The Bertz CT molecular complexity index is 1380. The number of nitrogen functional groups attached to an aromatic ring is 1. The number of anilines is 2. The molecular weight excluding hydrogens is 458 g/mol. The number of imidazole rings is 1. The monoisotopic (exact) mass is 482 g/mol. The molecule has 4 aromatic rings. The summed E-state index contributed by atoms with van der Waals surface area (Å²) in [6.07, 6.45) is 3.89. The molecule has 0 radical (unpaired) electrons. The van der Waals surface area contributed by atoms with E-state index in [0.29, 0.717) is 34.7 Å². The topological polar surface area (TPSA) is 133 Å². The van der Waals surface area contributed by atoms with E-state index in [1.165, 1.54) is 12.4 Å². The number of ether oxygens (including phenoxy) is 1. The van der Waals surface area contributed by atoms with Crippen molar-refractivity contribution in [1.82, 2.24) is 29.8 Å². The van der Waals surface area contributed by atoms with Crippen LogP contribution in [0.3, 0.4) is 0 Å². The van der Waals surface area contributed by atoms with Crippen molar-refractivity contribution in [2.45, 2.75) is 32.9 Å². The first-order valence-corrected chi connectivity index (χ1v) is 10.7. The Labute approximate surface area is 199 Å². The van der Waals surface area contributed by atoms with Crippen LogP contribution in [0.25, 0.3) is 22.4 Å². The van der Waals surface area contributed by atoms with Crippen molar-refractivity contribution >= 4 is 28.8 Å². The summed E-state index contributed by atoms with van der Waals surface area (Å²) in [5.41, 5.74) is 8.41. The van der Waals surface area contributed by atoms with Gasteiger partial charge in [0.05, 0.1) is 37.1 Å². The molecule has 0 unspecified atom stereocenters. The molecule has 3 heterocycles. The van der Waals surface area contributed by atoms with E-state index in [9.17, 15) is 13.6 Å². The van der Waals surface area contributed by atoms with Crippen LogP contribution in [-0.4, -0.2) is 42.9 Å². The van der Waals surface area contributed by atoms with Gasteiger partial charge < -0.3 is 25.7 Å². The molecule has 0 bridgehead atoms. The van der Waals surface area contributed by atoms with Crippen LogP contribution in [0.15, 0.2) is 43.1 Å². The zero-order chi connectivity index (χ0) is 25.2. The molecule has 0 saturated heterocycles. The lowest BCUT2D eigenvalue weighted by Gasteiger charge is -2.20. The van der Waals surface area contributed by atoms with Crippen molar-refractivity contribution in [1.29, 1.82) is 0 Å². The van der Waals surface area contributed by atoms with Crippen LogP contribution in [0.4, 0.5) is 25.1 Å². The molecule has 1 aromatic carbocycles. The van der Waals surface area contributed by atoms with E-state index >= 15 is 0 Å². The number of nitrogens with one attached hydrogen (secondary N) is 2. The molecule has 12 heteroatoms. The predicted octanol–water partition coefficient (Wildman–Crippen LogP) is 3.69. The SMILES string of the molecule is CC(C)(C)OC(=O)NCNc1cnc(-c2ccc(F)c(F)c2)cc1Cn1cnc2c(N)ncnc21. The van der Waals surface area contributed by atoms with Gasteiger partial charge in [0.2, 0.25) is 0 Å². The van der Waals surface area contributed by atoms with Gasteiger partial charge in [0.25, 0.3) is 0 Å². The Morgan fingerprint density at radius 2 is 1.91 bits per heavy atom. The lowest BCUT2D eigenvalue weighted by atomic mass is 10.1. The minimum absolute atomic E-state index is 0.0634. The number of amides is 1. The summed E-state index contributed by atoms with van der Waals surface area (Å²) in [5, 5.41) is 5.72. The molecule has 4 rings (SSSR count). The van der Waals surface area contributed by atoms with Gasteiger partial charge in [-0.1, -0.05) is 0 Å². The molecule has 3 aromatic heterocycles. The second kappa shape index (κ2) is 9.49. The highest BCUT2D eigenvalue weighted by Crippen LogP contribution is 2.26. The summed E-state index contributed by atoms with van der Waals surface area (Å²) >= 11 is 0. The van der Waals surface area contributed by atoms with Crippen molar-refractivity contribution in [3.05, 3.63) is 60.3 Å². The highest BCUT2D eigenvalue weighted by molar-refractivity contribution is 5.81. The zero-order valence-corrected chi connectivity index (χ0v) is 19.3. The first-order valence-electron chi connectivity index (χ1n) is 10.7. The van der Waals surface area contributed by atoms with Crippen LogP contribution in [0, 0.1) is 11.6 Å². The minimum Gasteiger partial charge on any atom is -0.444 e. The van der Waals surface area contributed by atoms with Crippen LogP contribution >= 0.6 is 0 Å². The number of rotatable bonds is 6. The van der Waals surface area contributed by atoms with Gasteiger partial charge in [0.1, 0.15) is 17.4 Å². The molecule has 0 aliphatic rings. The van der Waals surface area contributed by atoms with Gasteiger partial charge in [0, 0.05) is 5.56 Å². The highest BCUT2D eigenvalue weighted by Gasteiger charge is 2.16. The van der Waals surface area contributed by atoms with Crippen molar-refractivity contribution in [2.24, 2.45) is 0 Å². The van der Waals surface area contributed by atoms with Gasteiger partial charge in [0.15, 0.2) is 23.1 Å². The number of hydrogen-bond donors (Lipinski definition) is 3. The molecule has 0 atom stereocenters. The first kappa shape index (κ1) is 23.8. The number of halogens is 2. The number of nitrogens with two attached hydrogens (primary N) is 1. The summed E-state index contributed by atoms with van der Waals surface area (Å²) < 4.78 is 34.2. The van der Waals surface area contributed by atoms with E-state index < -0.39 is 23.3 Å². The van der Waals surface area contributed by atoms with Gasteiger partial charge >= 0.3 is 6.09 Å². The van der Waals surface area contributed by atoms with Gasteiger partial charge in [-0.25, -0.2) is 28.5 Å². The molecule has 4 N–H and O–H groups in total. The van der Waals surface area contributed by atoms with E-state index in [1.54, 1.807) is 43.9 Å². The Kier molecular flexibility index (Phi) is 6.45. The number of nitrogens with zero attached hydrogens (tertiary/aromatic N) is 5. The van der Waals surface area contributed by atoms with Gasteiger partial charge in [-0.05, 0) is 50.6 Å². The number of carbonyl (C=O) groups is 1. The number of benzene rings is 1. The normalized spacial score (nSPS) is 11.5. The lowest BCUT2D eigenvalue weighted by Crippen LogP contribution is -2.35. The van der Waals surface area contributed by atoms with Crippen molar-refractivity contribution in [2.75, 3.05) is 17.7 Å². The number of alkyl carbamates (subject to hydrolysis) is 1. The maximum atomic E-state index is 13.8. The van der Waals surface area contributed by atoms with Gasteiger partial charge in [-0.2, -0.15) is 0 Å². The van der Waals surface area contributed by atoms with Crippen molar-refractivity contribution < 1.29 is 18.3 Å². The molecule has 0 aliphatic heterocycles. The molecule has 35 heavy (non-hydrogen) atoms. The summed E-state index contributed by atoms with van der Waals surface area (Å²) in [4.78, 5) is 28.8. The standard InChI is InChI=1S/C23H24F2N8O2/c1-23(2,3)35-22(34)31-10-28-18-8-27-17(13-4-5-15(24)16(25)6-13)7-14(18)9-33-12-32-19-20(26)29-11-30-21(19)33/h4-8,11-12,28H,9-10H2,1-3H3,(H,31,34)(H2,26,29,30). The molecule has 0 fully saturated rings. The second-order valence-electron chi connectivity index (χ2n) is 8.69. The Morgan fingerprint density at radius 3 is 2.66 bits per heavy atom. The van der Waals surface area contributed by atoms with Gasteiger partial charge in [-0.3, -0.25) is 4.98 Å². The van der Waals surface area contributed by atoms with Crippen LogP contribution in [0.1, 0.15) is 26.3 Å². The molecule has 0 aliphatic carbocycles. The zero-order valence-electron chi connectivity index (χ0n) is 19.3. The molecule has 0 saturated carbocycles. The fourth-order valence-electron chi connectivity index (χ4n) is 3.32. The van der Waals surface area contributed by atoms with Crippen LogP contribution in [0.2, 0.25) is 0 Å². The van der Waals surface area contributed by atoms with Gasteiger partial charge in [-0.15, -0.1) is 0 Å². The fraction of sp³-hybridized carbons (Fsp3) is 0.261. The van der Waals surface area contributed by atoms with Crippen molar-refractivity contribution in [3.63, 3.8) is 0 Å². The highest BCUT2D eigenvalue weighted by atomic mass is 19.2. The molecule has 0 spiro atoms. The number of aromatic nitrogens is 5. The number of hydrogen-bond acceptors (Lipinski definition) is 8. The average molecular weight is 482 g/mol. The molecular formula is C23H24F2N8O2. The number of pyridine rings is 1. The molecule has 10 nitrogen and oxygen atoms in total. The predicted molar refractivity (Wildman–Crippen MR) is 126 cm³/mol. The van der Waals surface area contributed by atoms with E-state index in [4.69, 9.17) is 10.5 Å². The smallest absolute Gasteiger partial charge is 0.409 e. The number of fused-ring (bicyclic) bond motifs is 1. The molecule has 182 valence electrons. The molecule has 1 amide bonds. The van der Waals surface area contributed by atoms with E-state index in [0.717, 1.165) is 17.7 Å². The second-order valence-corrected chi connectivity index (χ2v) is 8.69. The quantitative estimate of drug-likeness (QED) is 0.355. The van der Waals surface area contributed by atoms with E-state index in [-0.39, 0.29) is 12.5 Å². The summed E-state index contributed by atoms with van der Waals surface area (Å²) in [6.45, 7) is 5.66. The summed E-state index contributed by atoms with van der Waals surface area (Å²) in [5.74, 6) is -1.66. The third-order valence-corrected chi connectivity index (χ3v) is 4.89. The van der Waals surface area contributed by atoms with Crippen LogP contribution in [0.5, 0.6) is 0 Å². The maximum absolute atomic E-state index is 13.8. The third kappa shape index (κ3) is 5.60.